The van der Waals surface area contributed by atoms with Crippen molar-refractivity contribution in [2.45, 2.75) is 12.5 Å². The predicted molar refractivity (Wildman–Crippen MR) is 63.8 cm³/mol. The smallest absolute Gasteiger partial charge is 0.0867 e. The van der Waals surface area contributed by atoms with Crippen LogP contribution in [-0.2, 0) is 5.54 Å². The minimum absolute atomic E-state index is 0.0314. The number of piperazine rings is 1. The van der Waals surface area contributed by atoms with Crippen LogP contribution in [0.3, 0.4) is 0 Å². The number of hydrogen-bond donors (Lipinski definition) is 1. The molecule has 1 aliphatic rings. The van der Waals surface area contributed by atoms with Crippen LogP contribution in [0.1, 0.15) is 12.5 Å². The molecule has 0 aliphatic carbocycles. The van der Waals surface area contributed by atoms with Crippen LogP contribution >= 0.6 is 0 Å². The van der Waals surface area contributed by atoms with E-state index in [1.165, 1.54) is 5.56 Å². The molecule has 1 saturated heterocycles. The summed E-state index contributed by atoms with van der Waals surface area (Å²) in [4.78, 5) is 2.20. The Morgan fingerprint density at radius 2 is 2.19 bits per heavy atom. The van der Waals surface area contributed by atoms with E-state index in [0.717, 1.165) is 19.6 Å². The molecule has 1 aromatic rings. The Morgan fingerprint density at radius 3 is 2.88 bits per heavy atom. The van der Waals surface area contributed by atoms with Crippen LogP contribution in [0.4, 0.5) is 0 Å². The first-order valence-corrected chi connectivity index (χ1v) is 5.64. The van der Waals surface area contributed by atoms with Crippen molar-refractivity contribution in [3.8, 4) is 6.07 Å². The molecular formula is C13H17N3. The second kappa shape index (κ2) is 4.65. The SMILES string of the molecule is C[C@]1(c2ccccc2)CN(CC#N)CCN1. The largest absolute Gasteiger partial charge is 0.305 e. The molecule has 0 unspecified atom stereocenters. The lowest BCUT2D eigenvalue weighted by atomic mass is 9.90. The van der Waals surface area contributed by atoms with E-state index in [1.54, 1.807) is 0 Å². The molecule has 84 valence electrons. The highest BCUT2D eigenvalue weighted by atomic mass is 15.2. The van der Waals surface area contributed by atoms with Gasteiger partial charge in [-0.15, -0.1) is 0 Å². The molecule has 3 nitrogen and oxygen atoms in total. The number of rotatable bonds is 2. The summed E-state index contributed by atoms with van der Waals surface area (Å²) >= 11 is 0. The van der Waals surface area contributed by atoms with E-state index in [-0.39, 0.29) is 5.54 Å². The van der Waals surface area contributed by atoms with E-state index in [9.17, 15) is 0 Å². The molecule has 16 heavy (non-hydrogen) atoms. The molecule has 0 saturated carbocycles. The highest BCUT2D eigenvalue weighted by molar-refractivity contribution is 5.24. The molecule has 0 aromatic heterocycles. The molecule has 1 atom stereocenters. The summed E-state index contributed by atoms with van der Waals surface area (Å²) in [5, 5.41) is 12.3. The zero-order valence-electron chi connectivity index (χ0n) is 9.61. The summed E-state index contributed by atoms with van der Waals surface area (Å²) in [6.45, 7) is 5.50. The van der Waals surface area contributed by atoms with Gasteiger partial charge in [0, 0.05) is 19.6 Å². The molecule has 0 spiro atoms. The lowest BCUT2D eigenvalue weighted by molar-refractivity contribution is 0.157. The fraction of sp³-hybridized carbons (Fsp3) is 0.462. The molecule has 1 aliphatic heterocycles. The zero-order valence-corrected chi connectivity index (χ0v) is 9.61. The lowest BCUT2D eigenvalue weighted by Gasteiger charge is -2.41. The van der Waals surface area contributed by atoms with Crippen LogP contribution in [0, 0.1) is 11.3 Å². The van der Waals surface area contributed by atoms with Gasteiger partial charge in [-0.2, -0.15) is 5.26 Å². The molecule has 0 radical (unpaired) electrons. The van der Waals surface area contributed by atoms with Crippen LogP contribution < -0.4 is 5.32 Å². The van der Waals surface area contributed by atoms with Gasteiger partial charge in [0.15, 0.2) is 0 Å². The molecule has 3 heteroatoms. The second-order valence-corrected chi connectivity index (χ2v) is 4.49. The zero-order chi connectivity index (χ0) is 11.4. The van der Waals surface area contributed by atoms with Crippen LogP contribution in [0.2, 0.25) is 0 Å². The number of nitriles is 1. The number of nitrogens with zero attached hydrogens (tertiary/aromatic N) is 2. The fourth-order valence-electron chi connectivity index (χ4n) is 2.31. The van der Waals surface area contributed by atoms with Crippen molar-refractivity contribution in [1.29, 1.82) is 5.26 Å². The standard InChI is InChI=1S/C13H17N3/c1-13(12-5-3-2-4-6-12)11-16(9-7-14)10-8-15-13/h2-6,15H,8-11H2,1H3/t13-/m1/s1. The van der Waals surface area contributed by atoms with Gasteiger partial charge in [0.25, 0.3) is 0 Å². The molecule has 1 aromatic carbocycles. The molecule has 1 N–H and O–H groups in total. The quantitative estimate of drug-likeness (QED) is 0.756. The van der Waals surface area contributed by atoms with Gasteiger partial charge in [-0.3, -0.25) is 4.90 Å². The van der Waals surface area contributed by atoms with Crippen molar-refractivity contribution in [3.05, 3.63) is 35.9 Å². The van der Waals surface area contributed by atoms with Crippen LogP contribution in [0.15, 0.2) is 30.3 Å². The topological polar surface area (TPSA) is 39.1 Å². The third kappa shape index (κ3) is 2.24. The fourth-order valence-corrected chi connectivity index (χ4v) is 2.31. The van der Waals surface area contributed by atoms with E-state index < -0.39 is 0 Å². The Bertz CT molecular complexity index is 382. The van der Waals surface area contributed by atoms with E-state index in [4.69, 9.17) is 5.26 Å². The third-order valence-corrected chi connectivity index (χ3v) is 3.19. The first-order chi connectivity index (χ1) is 7.74. The van der Waals surface area contributed by atoms with Gasteiger partial charge < -0.3 is 5.32 Å². The van der Waals surface area contributed by atoms with Crippen LogP contribution in [-0.4, -0.2) is 31.1 Å². The van der Waals surface area contributed by atoms with E-state index in [2.05, 4.69) is 47.5 Å². The third-order valence-electron chi connectivity index (χ3n) is 3.19. The van der Waals surface area contributed by atoms with Gasteiger partial charge in [0.1, 0.15) is 0 Å². The van der Waals surface area contributed by atoms with Crippen molar-refractivity contribution < 1.29 is 0 Å². The minimum Gasteiger partial charge on any atom is -0.305 e. The molecule has 2 rings (SSSR count). The average molecular weight is 215 g/mol. The Balaban J connectivity index is 2.16. The van der Waals surface area contributed by atoms with Gasteiger partial charge in [-0.1, -0.05) is 30.3 Å². The summed E-state index contributed by atoms with van der Waals surface area (Å²) in [7, 11) is 0. The maximum absolute atomic E-state index is 8.75. The summed E-state index contributed by atoms with van der Waals surface area (Å²) in [6.07, 6.45) is 0. The maximum atomic E-state index is 8.75. The summed E-state index contributed by atoms with van der Waals surface area (Å²) in [5.41, 5.74) is 1.26. The maximum Gasteiger partial charge on any atom is 0.0867 e. The molecular weight excluding hydrogens is 198 g/mol. The van der Waals surface area contributed by atoms with Crippen molar-refractivity contribution in [1.82, 2.24) is 10.2 Å². The lowest BCUT2D eigenvalue weighted by Crippen LogP contribution is -2.56. The van der Waals surface area contributed by atoms with Crippen molar-refractivity contribution in [3.63, 3.8) is 0 Å². The Morgan fingerprint density at radius 1 is 1.44 bits per heavy atom. The van der Waals surface area contributed by atoms with E-state index >= 15 is 0 Å². The molecule has 1 fully saturated rings. The Hall–Kier alpha value is -1.37. The highest BCUT2D eigenvalue weighted by Gasteiger charge is 2.31. The van der Waals surface area contributed by atoms with Crippen LogP contribution in [0.5, 0.6) is 0 Å². The predicted octanol–water partition coefficient (Wildman–Crippen LogP) is 1.33. The first kappa shape index (κ1) is 11.1. The highest BCUT2D eigenvalue weighted by Crippen LogP contribution is 2.23. The van der Waals surface area contributed by atoms with Crippen molar-refractivity contribution >= 4 is 0 Å². The molecule has 0 bridgehead atoms. The monoisotopic (exact) mass is 215 g/mol. The number of hydrogen-bond acceptors (Lipinski definition) is 3. The minimum atomic E-state index is -0.0314. The van der Waals surface area contributed by atoms with E-state index in [1.807, 2.05) is 6.07 Å². The van der Waals surface area contributed by atoms with Gasteiger partial charge >= 0.3 is 0 Å². The first-order valence-electron chi connectivity index (χ1n) is 5.64. The Kier molecular flexibility index (Phi) is 3.23. The van der Waals surface area contributed by atoms with Gasteiger partial charge in [-0.05, 0) is 12.5 Å². The van der Waals surface area contributed by atoms with Crippen LogP contribution in [0.25, 0.3) is 0 Å². The van der Waals surface area contributed by atoms with Gasteiger partial charge in [-0.25, -0.2) is 0 Å². The normalized spacial score (nSPS) is 26.2. The average Bonchev–Trinajstić information content (AvgIpc) is 2.31. The summed E-state index contributed by atoms with van der Waals surface area (Å²) < 4.78 is 0. The summed E-state index contributed by atoms with van der Waals surface area (Å²) in [5.74, 6) is 0. The van der Waals surface area contributed by atoms with E-state index in [0.29, 0.717) is 6.54 Å². The van der Waals surface area contributed by atoms with Gasteiger partial charge in [0.05, 0.1) is 18.2 Å². The molecule has 1 heterocycles. The second-order valence-electron chi connectivity index (χ2n) is 4.49. The Labute approximate surface area is 96.7 Å². The molecule has 0 amide bonds. The van der Waals surface area contributed by atoms with Gasteiger partial charge in [0.2, 0.25) is 0 Å². The van der Waals surface area contributed by atoms with Crippen molar-refractivity contribution in [2.24, 2.45) is 0 Å². The van der Waals surface area contributed by atoms with Crippen molar-refractivity contribution in [2.75, 3.05) is 26.2 Å². The number of benzene rings is 1. The summed E-state index contributed by atoms with van der Waals surface area (Å²) in [6, 6.07) is 12.7. The number of nitrogens with one attached hydrogen (secondary N) is 1.